The SMILES string of the molecule is CCCCCC(C)(Br)CSP(=S)(OCC)OCC. The normalized spacial score (nSPS) is 15.6. The maximum Gasteiger partial charge on any atom is 0.247 e. The molecule has 0 amide bonds. The second-order valence-electron chi connectivity index (χ2n) is 4.43. The average Bonchev–Trinajstić information content (AvgIpc) is 2.28. The van der Waals surface area contributed by atoms with Crippen molar-refractivity contribution < 1.29 is 9.05 Å². The molecule has 0 aromatic carbocycles. The van der Waals surface area contributed by atoms with Gasteiger partial charge in [0.15, 0.2) is 0 Å². The van der Waals surface area contributed by atoms with Gasteiger partial charge in [0.25, 0.3) is 0 Å². The Kier molecular flexibility index (Phi) is 11.0. The molecule has 1 atom stereocenters. The molecule has 0 rings (SSSR count). The van der Waals surface area contributed by atoms with Crippen molar-refractivity contribution in [1.29, 1.82) is 0 Å². The molecule has 0 spiro atoms. The molecule has 0 aromatic rings. The van der Waals surface area contributed by atoms with Gasteiger partial charge in [-0.3, -0.25) is 0 Å². The molecule has 0 aliphatic rings. The van der Waals surface area contributed by atoms with Crippen molar-refractivity contribution in [1.82, 2.24) is 0 Å². The van der Waals surface area contributed by atoms with E-state index in [2.05, 4.69) is 29.8 Å². The molecule has 110 valence electrons. The minimum atomic E-state index is -2.13. The van der Waals surface area contributed by atoms with Crippen LogP contribution in [-0.4, -0.2) is 23.3 Å². The zero-order valence-corrected chi connectivity index (χ0v) is 16.0. The Balaban J connectivity index is 4.19. The molecular formula is C12H26BrO2PS2. The molecule has 6 heteroatoms. The molecule has 0 saturated heterocycles. The van der Waals surface area contributed by atoms with Gasteiger partial charge in [-0.1, -0.05) is 53.5 Å². The fourth-order valence-corrected chi connectivity index (χ4v) is 7.56. The Morgan fingerprint density at radius 2 is 1.72 bits per heavy atom. The van der Waals surface area contributed by atoms with E-state index < -0.39 is 5.69 Å². The van der Waals surface area contributed by atoms with E-state index in [1.54, 1.807) is 11.4 Å². The Morgan fingerprint density at radius 1 is 1.17 bits per heavy atom. The lowest BCUT2D eigenvalue weighted by molar-refractivity contribution is 0.280. The lowest BCUT2D eigenvalue weighted by Gasteiger charge is -2.26. The van der Waals surface area contributed by atoms with Crippen LogP contribution in [0, 0.1) is 0 Å². The van der Waals surface area contributed by atoms with Crippen LogP contribution in [0.4, 0.5) is 0 Å². The highest BCUT2D eigenvalue weighted by Gasteiger charge is 2.26. The molecule has 18 heavy (non-hydrogen) atoms. The summed E-state index contributed by atoms with van der Waals surface area (Å²) < 4.78 is 11.4. The highest BCUT2D eigenvalue weighted by atomic mass is 79.9. The first kappa shape index (κ1) is 19.4. The third-order valence-electron chi connectivity index (χ3n) is 2.40. The van der Waals surface area contributed by atoms with E-state index in [0.717, 1.165) is 5.75 Å². The number of rotatable bonds is 11. The Hall–Kier alpha value is 1.40. The van der Waals surface area contributed by atoms with Crippen LogP contribution in [0.1, 0.15) is 53.4 Å². The van der Waals surface area contributed by atoms with Crippen molar-refractivity contribution >= 4 is 44.8 Å². The number of hydrogen-bond donors (Lipinski definition) is 0. The van der Waals surface area contributed by atoms with Crippen molar-refractivity contribution in [2.45, 2.75) is 57.7 Å². The summed E-state index contributed by atoms with van der Waals surface area (Å²) in [5, 5.41) is 0. The summed E-state index contributed by atoms with van der Waals surface area (Å²) in [4.78, 5) is 0. The number of alkyl halides is 1. The largest absolute Gasteiger partial charge is 0.322 e. The predicted octanol–water partition coefficient (Wildman–Crippen LogP) is 5.75. The van der Waals surface area contributed by atoms with Crippen molar-refractivity contribution in [3.8, 4) is 0 Å². The number of hydrogen-bond acceptors (Lipinski definition) is 4. The molecular weight excluding hydrogens is 351 g/mol. The minimum absolute atomic E-state index is 0.130. The van der Waals surface area contributed by atoms with E-state index in [4.69, 9.17) is 20.9 Å². The summed E-state index contributed by atoms with van der Waals surface area (Å²) in [5.41, 5.74) is -2.13. The number of unbranched alkanes of at least 4 members (excludes halogenated alkanes) is 2. The lowest BCUT2D eigenvalue weighted by Crippen LogP contribution is -2.19. The zero-order valence-electron chi connectivity index (χ0n) is 11.9. The maximum absolute atomic E-state index is 5.64. The van der Waals surface area contributed by atoms with Crippen LogP contribution in [0.5, 0.6) is 0 Å². The van der Waals surface area contributed by atoms with Gasteiger partial charge in [-0.15, -0.1) is 0 Å². The van der Waals surface area contributed by atoms with Crippen LogP contribution in [0.15, 0.2) is 0 Å². The van der Waals surface area contributed by atoms with Crippen LogP contribution in [0.2, 0.25) is 0 Å². The van der Waals surface area contributed by atoms with Gasteiger partial charge in [0.05, 0.1) is 13.2 Å². The Bertz CT molecular complexity index is 252. The van der Waals surface area contributed by atoms with Crippen LogP contribution < -0.4 is 0 Å². The fourth-order valence-electron chi connectivity index (χ4n) is 1.46. The summed E-state index contributed by atoms with van der Waals surface area (Å²) in [5.74, 6) is 0.938. The zero-order chi connectivity index (χ0) is 14.1. The molecule has 0 aliphatic carbocycles. The Labute approximate surface area is 130 Å². The third-order valence-corrected chi connectivity index (χ3v) is 9.23. The fraction of sp³-hybridized carbons (Fsp3) is 1.00. The molecule has 0 aliphatic heterocycles. The smallest absolute Gasteiger partial charge is 0.247 e. The van der Waals surface area contributed by atoms with E-state index in [1.807, 2.05) is 13.8 Å². The van der Waals surface area contributed by atoms with Gasteiger partial charge in [0.1, 0.15) is 0 Å². The highest BCUT2D eigenvalue weighted by Crippen LogP contribution is 2.62. The van der Waals surface area contributed by atoms with Gasteiger partial charge in [0.2, 0.25) is 5.69 Å². The summed E-state index contributed by atoms with van der Waals surface area (Å²) in [7, 11) is 0. The van der Waals surface area contributed by atoms with Gasteiger partial charge in [-0.2, -0.15) is 0 Å². The maximum atomic E-state index is 5.64. The summed E-state index contributed by atoms with van der Waals surface area (Å²) >= 11 is 11.0. The van der Waals surface area contributed by atoms with Gasteiger partial charge >= 0.3 is 0 Å². The third kappa shape index (κ3) is 9.33. The first-order chi connectivity index (χ1) is 8.39. The van der Waals surface area contributed by atoms with Crippen LogP contribution in [0.25, 0.3) is 0 Å². The summed E-state index contributed by atoms with van der Waals surface area (Å²) in [6, 6.07) is 0. The first-order valence-electron chi connectivity index (χ1n) is 6.61. The molecule has 0 radical (unpaired) electrons. The minimum Gasteiger partial charge on any atom is -0.322 e. The van der Waals surface area contributed by atoms with Gasteiger partial charge in [0, 0.05) is 10.1 Å². The van der Waals surface area contributed by atoms with E-state index in [9.17, 15) is 0 Å². The molecule has 2 nitrogen and oxygen atoms in total. The van der Waals surface area contributed by atoms with Crippen LogP contribution in [-0.2, 0) is 20.9 Å². The Morgan fingerprint density at radius 3 is 2.17 bits per heavy atom. The highest BCUT2D eigenvalue weighted by molar-refractivity contribution is 9.10. The first-order valence-corrected chi connectivity index (χ1v) is 11.6. The molecule has 0 heterocycles. The molecule has 0 fully saturated rings. The van der Waals surface area contributed by atoms with Crippen LogP contribution in [0.3, 0.4) is 0 Å². The van der Waals surface area contributed by atoms with E-state index >= 15 is 0 Å². The average molecular weight is 377 g/mol. The van der Waals surface area contributed by atoms with Gasteiger partial charge in [-0.25, -0.2) is 0 Å². The van der Waals surface area contributed by atoms with Crippen LogP contribution >= 0.6 is 33.0 Å². The second kappa shape index (κ2) is 10.2. The topological polar surface area (TPSA) is 18.5 Å². The van der Waals surface area contributed by atoms with Crippen molar-refractivity contribution in [2.24, 2.45) is 0 Å². The molecule has 0 bridgehead atoms. The van der Waals surface area contributed by atoms with Gasteiger partial charge < -0.3 is 9.05 Å². The molecule has 0 saturated carbocycles. The molecule has 0 N–H and O–H groups in total. The quantitative estimate of drug-likeness (QED) is 0.259. The lowest BCUT2D eigenvalue weighted by atomic mass is 10.1. The monoisotopic (exact) mass is 376 g/mol. The number of halogens is 1. The molecule has 0 aromatic heterocycles. The van der Waals surface area contributed by atoms with Crippen molar-refractivity contribution in [2.75, 3.05) is 19.0 Å². The van der Waals surface area contributed by atoms with E-state index in [0.29, 0.717) is 13.2 Å². The second-order valence-corrected chi connectivity index (χ2v) is 12.7. The summed E-state index contributed by atoms with van der Waals surface area (Å²) in [6.45, 7) is 9.64. The van der Waals surface area contributed by atoms with E-state index in [-0.39, 0.29) is 4.32 Å². The standard InChI is InChI=1S/C12H26BrO2PS2/c1-5-8-9-10-12(4,13)11-18-16(17,14-6-2)15-7-3/h5-11H2,1-4H3. The van der Waals surface area contributed by atoms with Crippen molar-refractivity contribution in [3.63, 3.8) is 0 Å². The van der Waals surface area contributed by atoms with E-state index in [1.165, 1.54) is 25.7 Å². The van der Waals surface area contributed by atoms with Crippen molar-refractivity contribution in [3.05, 3.63) is 0 Å². The summed E-state index contributed by atoms with van der Waals surface area (Å²) in [6.07, 6.45) is 4.97. The van der Waals surface area contributed by atoms with Gasteiger partial charge in [-0.05, 0) is 39.0 Å². The predicted molar refractivity (Wildman–Crippen MR) is 91.5 cm³/mol. The molecule has 1 unspecified atom stereocenters.